The number of aryl methyl sites for hydroxylation is 1. The van der Waals surface area contributed by atoms with Gasteiger partial charge in [-0.25, -0.2) is 9.97 Å². The summed E-state index contributed by atoms with van der Waals surface area (Å²) < 4.78 is 0. The Morgan fingerprint density at radius 2 is 1.88 bits per heavy atom. The lowest BCUT2D eigenvalue weighted by atomic mass is 10.3. The van der Waals surface area contributed by atoms with Gasteiger partial charge in [-0.2, -0.15) is 0 Å². The molecule has 4 heterocycles. The zero-order valence-corrected chi connectivity index (χ0v) is 15.4. The van der Waals surface area contributed by atoms with E-state index in [4.69, 9.17) is 11.6 Å². The van der Waals surface area contributed by atoms with Crippen molar-refractivity contribution in [1.82, 2.24) is 20.2 Å². The molecule has 1 saturated heterocycles. The fraction of sp³-hybridized carbons (Fsp3) is 0.333. The van der Waals surface area contributed by atoms with Crippen LogP contribution in [0.3, 0.4) is 0 Å². The van der Waals surface area contributed by atoms with Gasteiger partial charge in [-0.15, -0.1) is 21.5 Å². The second kappa shape index (κ2) is 6.62. The SMILES string of the molecule is Cc1cc(N2CCN(c3nnc(-c4cccs4)s3)CC2)nc(Cl)n1. The number of piperazine rings is 1. The molecule has 9 heteroatoms. The molecule has 0 saturated carbocycles. The maximum absolute atomic E-state index is 5.97. The van der Waals surface area contributed by atoms with Gasteiger partial charge < -0.3 is 9.80 Å². The van der Waals surface area contributed by atoms with Crippen LogP contribution in [0.2, 0.25) is 5.28 Å². The summed E-state index contributed by atoms with van der Waals surface area (Å²) in [6, 6.07) is 6.09. The molecule has 6 nitrogen and oxygen atoms in total. The lowest BCUT2D eigenvalue weighted by Gasteiger charge is -2.35. The first-order valence-corrected chi connectivity index (χ1v) is 9.65. The maximum atomic E-state index is 5.97. The number of rotatable bonds is 3. The van der Waals surface area contributed by atoms with Crippen LogP contribution in [-0.2, 0) is 0 Å². The Hall–Kier alpha value is -1.77. The Labute approximate surface area is 152 Å². The largest absolute Gasteiger partial charge is 0.353 e. The first-order chi connectivity index (χ1) is 11.7. The van der Waals surface area contributed by atoms with Gasteiger partial charge in [0.25, 0.3) is 0 Å². The smallest absolute Gasteiger partial charge is 0.224 e. The molecule has 4 rings (SSSR count). The van der Waals surface area contributed by atoms with Gasteiger partial charge in [-0.05, 0) is 30.0 Å². The highest BCUT2D eigenvalue weighted by Crippen LogP contribution is 2.32. The van der Waals surface area contributed by atoms with Crippen molar-refractivity contribution in [3.05, 3.63) is 34.6 Å². The van der Waals surface area contributed by atoms with Crippen LogP contribution in [0.4, 0.5) is 10.9 Å². The van der Waals surface area contributed by atoms with Gasteiger partial charge >= 0.3 is 0 Å². The predicted molar refractivity (Wildman–Crippen MR) is 99.4 cm³/mol. The fourth-order valence-corrected chi connectivity index (χ4v) is 4.56. The highest BCUT2D eigenvalue weighted by Gasteiger charge is 2.22. The molecule has 1 fully saturated rings. The maximum Gasteiger partial charge on any atom is 0.224 e. The quantitative estimate of drug-likeness (QED) is 0.651. The molecule has 0 amide bonds. The summed E-state index contributed by atoms with van der Waals surface area (Å²) in [7, 11) is 0. The highest BCUT2D eigenvalue weighted by molar-refractivity contribution is 7.22. The van der Waals surface area contributed by atoms with E-state index in [0.29, 0.717) is 5.28 Å². The fourth-order valence-electron chi connectivity index (χ4n) is 2.65. The van der Waals surface area contributed by atoms with Crippen LogP contribution < -0.4 is 9.80 Å². The van der Waals surface area contributed by atoms with Crippen molar-refractivity contribution in [2.24, 2.45) is 0 Å². The number of halogens is 1. The van der Waals surface area contributed by atoms with Gasteiger partial charge in [0.05, 0.1) is 4.88 Å². The average Bonchev–Trinajstić information content (AvgIpc) is 3.25. The minimum Gasteiger partial charge on any atom is -0.353 e. The van der Waals surface area contributed by atoms with E-state index >= 15 is 0 Å². The monoisotopic (exact) mass is 378 g/mol. The molecular weight excluding hydrogens is 364 g/mol. The van der Waals surface area contributed by atoms with Gasteiger partial charge in [0.2, 0.25) is 10.4 Å². The van der Waals surface area contributed by atoms with E-state index in [-0.39, 0.29) is 0 Å². The standard InChI is InChI=1S/C15H15ClN6S2/c1-10-9-12(18-14(16)17-10)21-4-6-22(7-5-21)15-20-19-13(24-15)11-3-2-8-23-11/h2-3,8-9H,4-7H2,1H3. The third kappa shape index (κ3) is 3.22. The van der Waals surface area contributed by atoms with Gasteiger partial charge in [0.1, 0.15) is 5.82 Å². The van der Waals surface area contributed by atoms with Crippen LogP contribution in [0.1, 0.15) is 5.69 Å². The number of aromatic nitrogens is 4. The molecule has 0 N–H and O–H groups in total. The first-order valence-electron chi connectivity index (χ1n) is 7.57. The van der Waals surface area contributed by atoms with Crippen molar-refractivity contribution in [2.75, 3.05) is 36.0 Å². The Kier molecular flexibility index (Phi) is 4.34. The zero-order valence-electron chi connectivity index (χ0n) is 13.0. The Morgan fingerprint density at radius 1 is 1.08 bits per heavy atom. The molecule has 1 aliphatic rings. The molecule has 0 atom stereocenters. The third-order valence-corrected chi connectivity index (χ3v) is 6.03. The minimum absolute atomic E-state index is 0.303. The second-order valence-electron chi connectivity index (χ2n) is 5.48. The molecule has 1 aliphatic heterocycles. The number of thiophene rings is 1. The van der Waals surface area contributed by atoms with Crippen LogP contribution in [0.15, 0.2) is 23.6 Å². The molecule has 3 aromatic heterocycles. The third-order valence-electron chi connectivity index (χ3n) is 3.83. The van der Waals surface area contributed by atoms with Crippen LogP contribution in [0, 0.1) is 6.92 Å². The molecule has 0 radical (unpaired) electrons. The van der Waals surface area contributed by atoms with Crippen molar-refractivity contribution in [1.29, 1.82) is 0 Å². The van der Waals surface area contributed by atoms with E-state index in [2.05, 4.69) is 41.4 Å². The van der Waals surface area contributed by atoms with E-state index in [1.165, 1.54) is 4.88 Å². The van der Waals surface area contributed by atoms with Crippen molar-refractivity contribution in [2.45, 2.75) is 6.92 Å². The zero-order chi connectivity index (χ0) is 16.5. The summed E-state index contributed by atoms with van der Waals surface area (Å²) >= 11 is 9.31. The first kappa shape index (κ1) is 15.7. The molecule has 0 aliphatic carbocycles. The van der Waals surface area contributed by atoms with E-state index in [1.807, 2.05) is 19.1 Å². The molecule has 24 heavy (non-hydrogen) atoms. The van der Waals surface area contributed by atoms with Crippen LogP contribution in [-0.4, -0.2) is 46.3 Å². The molecule has 0 bridgehead atoms. The van der Waals surface area contributed by atoms with Crippen LogP contribution in [0.5, 0.6) is 0 Å². The lowest BCUT2D eigenvalue weighted by molar-refractivity contribution is 0.643. The van der Waals surface area contributed by atoms with Gasteiger partial charge in [0.15, 0.2) is 5.01 Å². The minimum atomic E-state index is 0.303. The van der Waals surface area contributed by atoms with E-state index in [0.717, 1.165) is 47.8 Å². The molecule has 3 aromatic rings. The summed E-state index contributed by atoms with van der Waals surface area (Å²) in [6.07, 6.45) is 0. The molecule has 0 spiro atoms. The summed E-state index contributed by atoms with van der Waals surface area (Å²) in [5.41, 5.74) is 0.886. The lowest BCUT2D eigenvalue weighted by Crippen LogP contribution is -2.46. The number of nitrogens with zero attached hydrogens (tertiary/aromatic N) is 6. The predicted octanol–water partition coefficient (Wildman–Crippen LogP) is 3.35. The van der Waals surface area contributed by atoms with Crippen LogP contribution in [0.25, 0.3) is 9.88 Å². The Bertz CT molecular complexity index is 806. The van der Waals surface area contributed by atoms with Gasteiger partial charge in [-0.3, -0.25) is 0 Å². The summed E-state index contributed by atoms with van der Waals surface area (Å²) in [4.78, 5) is 14.1. The molecule has 0 aromatic carbocycles. The van der Waals surface area contributed by atoms with E-state index in [1.54, 1.807) is 22.7 Å². The molecular formula is C15H15ClN6S2. The van der Waals surface area contributed by atoms with Crippen molar-refractivity contribution in [3.8, 4) is 9.88 Å². The number of anilines is 2. The Morgan fingerprint density at radius 3 is 2.58 bits per heavy atom. The number of hydrogen-bond acceptors (Lipinski definition) is 8. The summed E-state index contributed by atoms with van der Waals surface area (Å²) in [5.74, 6) is 0.892. The highest BCUT2D eigenvalue weighted by atomic mass is 35.5. The van der Waals surface area contributed by atoms with Gasteiger partial charge in [-0.1, -0.05) is 17.4 Å². The van der Waals surface area contributed by atoms with Gasteiger partial charge in [0, 0.05) is 37.9 Å². The second-order valence-corrected chi connectivity index (χ2v) is 7.72. The summed E-state index contributed by atoms with van der Waals surface area (Å²) in [6.45, 7) is 5.46. The number of hydrogen-bond donors (Lipinski definition) is 0. The average molecular weight is 379 g/mol. The normalized spacial score (nSPS) is 15.1. The summed E-state index contributed by atoms with van der Waals surface area (Å²) in [5, 5.41) is 13.0. The van der Waals surface area contributed by atoms with Crippen molar-refractivity contribution < 1.29 is 0 Å². The van der Waals surface area contributed by atoms with E-state index in [9.17, 15) is 0 Å². The molecule has 124 valence electrons. The van der Waals surface area contributed by atoms with Crippen molar-refractivity contribution >= 4 is 45.2 Å². The Balaban J connectivity index is 1.44. The topological polar surface area (TPSA) is 58.0 Å². The van der Waals surface area contributed by atoms with E-state index < -0.39 is 0 Å². The molecule has 0 unspecified atom stereocenters. The van der Waals surface area contributed by atoms with Crippen molar-refractivity contribution in [3.63, 3.8) is 0 Å². The van der Waals surface area contributed by atoms with Crippen LogP contribution >= 0.6 is 34.3 Å².